The van der Waals surface area contributed by atoms with Gasteiger partial charge in [-0.25, -0.2) is 0 Å². The molecule has 5 heteroatoms. The fourth-order valence-corrected chi connectivity index (χ4v) is 3.72. The highest BCUT2D eigenvalue weighted by atomic mass is 16.6. The molecule has 2 aliphatic heterocycles. The molecule has 1 fully saturated rings. The summed E-state index contributed by atoms with van der Waals surface area (Å²) in [4.78, 5) is 14.9. The first-order valence-corrected chi connectivity index (χ1v) is 9.71. The SMILES string of the molecule is C[C@H]1CCCN(c2ccc(CNC(=O)c3ccc4c(c3)OCCO4)cc2)C1. The van der Waals surface area contributed by atoms with Crippen LogP contribution < -0.4 is 19.7 Å². The molecular weight excluding hydrogens is 340 g/mol. The van der Waals surface area contributed by atoms with Crippen molar-refractivity contribution < 1.29 is 14.3 Å². The Labute approximate surface area is 160 Å². The van der Waals surface area contributed by atoms with Gasteiger partial charge in [0.15, 0.2) is 11.5 Å². The predicted molar refractivity (Wildman–Crippen MR) is 106 cm³/mol. The number of nitrogens with one attached hydrogen (secondary N) is 1. The first-order chi connectivity index (χ1) is 13.2. The molecule has 4 rings (SSSR count). The maximum absolute atomic E-state index is 12.4. The van der Waals surface area contributed by atoms with E-state index in [-0.39, 0.29) is 5.91 Å². The minimum Gasteiger partial charge on any atom is -0.486 e. The quantitative estimate of drug-likeness (QED) is 0.898. The molecule has 1 atom stereocenters. The Balaban J connectivity index is 1.35. The fourth-order valence-electron chi connectivity index (χ4n) is 3.72. The van der Waals surface area contributed by atoms with E-state index in [0.717, 1.165) is 24.6 Å². The smallest absolute Gasteiger partial charge is 0.251 e. The highest BCUT2D eigenvalue weighted by molar-refractivity contribution is 5.94. The number of fused-ring (bicyclic) bond motifs is 1. The Kier molecular flexibility index (Phi) is 5.19. The van der Waals surface area contributed by atoms with E-state index in [9.17, 15) is 4.79 Å². The molecule has 0 aromatic heterocycles. The van der Waals surface area contributed by atoms with Gasteiger partial charge in [0.2, 0.25) is 0 Å². The van der Waals surface area contributed by atoms with Gasteiger partial charge >= 0.3 is 0 Å². The molecule has 2 aromatic rings. The molecule has 0 unspecified atom stereocenters. The van der Waals surface area contributed by atoms with Crippen molar-refractivity contribution in [1.82, 2.24) is 5.32 Å². The van der Waals surface area contributed by atoms with Crippen molar-refractivity contribution in [1.29, 1.82) is 0 Å². The number of anilines is 1. The van der Waals surface area contributed by atoms with Gasteiger partial charge in [-0.05, 0) is 54.7 Å². The zero-order chi connectivity index (χ0) is 18.6. The van der Waals surface area contributed by atoms with Crippen molar-refractivity contribution in [3.63, 3.8) is 0 Å². The summed E-state index contributed by atoms with van der Waals surface area (Å²) < 4.78 is 11.0. The maximum atomic E-state index is 12.4. The van der Waals surface area contributed by atoms with Crippen molar-refractivity contribution in [2.75, 3.05) is 31.2 Å². The van der Waals surface area contributed by atoms with Crippen LogP contribution in [-0.2, 0) is 6.54 Å². The summed E-state index contributed by atoms with van der Waals surface area (Å²) in [5, 5.41) is 2.98. The van der Waals surface area contributed by atoms with E-state index in [1.165, 1.54) is 18.5 Å². The standard InChI is InChI=1S/C22H26N2O3/c1-16-3-2-10-24(15-16)19-7-4-17(5-8-19)14-23-22(25)18-6-9-20-21(13-18)27-12-11-26-20/h4-9,13,16H,2-3,10-12,14-15H2,1H3,(H,23,25)/t16-/m0/s1. The lowest BCUT2D eigenvalue weighted by Gasteiger charge is -2.32. The second kappa shape index (κ2) is 7.91. The molecule has 1 saturated heterocycles. The third-order valence-electron chi connectivity index (χ3n) is 5.22. The molecule has 0 bridgehead atoms. The van der Waals surface area contributed by atoms with Crippen LogP contribution in [-0.4, -0.2) is 32.2 Å². The normalized spacial score (nSPS) is 18.9. The second-order valence-electron chi connectivity index (χ2n) is 7.40. The molecule has 0 saturated carbocycles. The number of piperidine rings is 1. The van der Waals surface area contributed by atoms with Crippen LogP contribution in [0.4, 0.5) is 5.69 Å². The van der Waals surface area contributed by atoms with Crippen LogP contribution in [0.25, 0.3) is 0 Å². The number of ether oxygens (including phenoxy) is 2. The first-order valence-electron chi connectivity index (χ1n) is 9.71. The van der Waals surface area contributed by atoms with E-state index in [0.29, 0.717) is 36.8 Å². The molecule has 5 nitrogen and oxygen atoms in total. The van der Waals surface area contributed by atoms with Crippen molar-refractivity contribution in [2.45, 2.75) is 26.3 Å². The van der Waals surface area contributed by atoms with Gasteiger partial charge in [-0.1, -0.05) is 19.1 Å². The van der Waals surface area contributed by atoms with Crippen LogP contribution in [0.5, 0.6) is 11.5 Å². The molecule has 142 valence electrons. The number of hydrogen-bond acceptors (Lipinski definition) is 4. The molecule has 2 aliphatic rings. The van der Waals surface area contributed by atoms with Gasteiger partial charge < -0.3 is 19.7 Å². The highest BCUT2D eigenvalue weighted by Gasteiger charge is 2.17. The molecule has 1 N–H and O–H groups in total. The molecule has 1 amide bonds. The second-order valence-corrected chi connectivity index (χ2v) is 7.40. The summed E-state index contributed by atoms with van der Waals surface area (Å²) in [6.07, 6.45) is 2.58. The Hall–Kier alpha value is -2.69. The van der Waals surface area contributed by atoms with Gasteiger partial charge in [-0.2, -0.15) is 0 Å². The van der Waals surface area contributed by atoms with E-state index in [1.807, 2.05) is 0 Å². The molecule has 2 heterocycles. The van der Waals surface area contributed by atoms with Crippen molar-refractivity contribution >= 4 is 11.6 Å². The van der Waals surface area contributed by atoms with Crippen molar-refractivity contribution in [3.8, 4) is 11.5 Å². The number of benzene rings is 2. The number of nitrogens with zero attached hydrogens (tertiary/aromatic N) is 1. The average Bonchev–Trinajstić information content (AvgIpc) is 2.72. The van der Waals surface area contributed by atoms with Crippen molar-refractivity contribution in [3.05, 3.63) is 53.6 Å². The van der Waals surface area contributed by atoms with Crippen molar-refractivity contribution in [2.24, 2.45) is 5.92 Å². The highest BCUT2D eigenvalue weighted by Crippen LogP contribution is 2.30. The van der Waals surface area contributed by atoms with Crippen LogP contribution in [0.15, 0.2) is 42.5 Å². The summed E-state index contributed by atoms with van der Waals surface area (Å²) in [6, 6.07) is 13.8. The first kappa shape index (κ1) is 17.7. The van der Waals surface area contributed by atoms with E-state index in [2.05, 4.69) is 41.4 Å². The van der Waals surface area contributed by atoms with Crippen LogP contribution in [0.1, 0.15) is 35.7 Å². The third-order valence-corrected chi connectivity index (χ3v) is 5.22. The minimum absolute atomic E-state index is 0.110. The topological polar surface area (TPSA) is 50.8 Å². The number of carbonyl (C=O) groups excluding carboxylic acids is 1. The average molecular weight is 366 g/mol. The maximum Gasteiger partial charge on any atom is 0.251 e. The summed E-state index contributed by atoms with van der Waals surface area (Å²) >= 11 is 0. The van der Waals surface area contributed by atoms with E-state index < -0.39 is 0 Å². The lowest BCUT2D eigenvalue weighted by atomic mass is 9.99. The molecule has 0 radical (unpaired) electrons. The van der Waals surface area contributed by atoms with Gasteiger partial charge in [0.1, 0.15) is 13.2 Å². The van der Waals surface area contributed by atoms with E-state index >= 15 is 0 Å². The molecule has 0 aliphatic carbocycles. The van der Waals surface area contributed by atoms with E-state index in [4.69, 9.17) is 9.47 Å². The van der Waals surface area contributed by atoms with Crippen LogP contribution in [0.2, 0.25) is 0 Å². The number of amides is 1. The predicted octanol–water partition coefficient (Wildman–Crippen LogP) is 3.62. The Bertz CT molecular complexity index is 804. The van der Waals surface area contributed by atoms with Crippen LogP contribution in [0, 0.1) is 5.92 Å². The summed E-state index contributed by atoms with van der Waals surface area (Å²) in [5.74, 6) is 1.97. The zero-order valence-corrected chi connectivity index (χ0v) is 15.7. The largest absolute Gasteiger partial charge is 0.486 e. The number of carbonyl (C=O) groups is 1. The molecule has 2 aromatic carbocycles. The summed E-state index contributed by atoms with van der Waals surface area (Å²) in [7, 11) is 0. The van der Waals surface area contributed by atoms with Crippen LogP contribution >= 0.6 is 0 Å². The monoisotopic (exact) mass is 366 g/mol. The van der Waals surface area contributed by atoms with Gasteiger partial charge in [-0.15, -0.1) is 0 Å². The lowest BCUT2D eigenvalue weighted by molar-refractivity contribution is 0.0949. The van der Waals surface area contributed by atoms with Gasteiger partial charge in [0.25, 0.3) is 5.91 Å². The van der Waals surface area contributed by atoms with Gasteiger partial charge in [0.05, 0.1) is 0 Å². The summed E-state index contributed by atoms with van der Waals surface area (Å²) in [6.45, 7) is 6.13. The molecule has 27 heavy (non-hydrogen) atoms. The minimum atomic E-state index is -0.110. The number of rotatable bonds is 4. The van der Waals surface area contributed by atoms with E-state index in [1.54, 1.807) is 18.2 Å². The lowest BCUT2D eigenvalue weighted by Crippen LogP contribution is -2.34. The van der Waals surface area contributed by atoms with Crippen LogP contribution in [0.3, 0.4) is 0 Å². The molecular formula is C22H26N2O3. The number of hydrogen-bond donors (Lipinski definition) is 1. The summed E-state index contributed by atoms with van der Waals surface area (Å²) in [5.41, 5.74) is 2.94. The Morgan fingerprint density at radius 3 is 2.67 bits per heavy atom. The fraction of sp³-hybridized carbons (Fsp3) is 0.409. The van der Waals surface area contributed by atoms with Gasteiger partial charge in [-0.3, -0.25) is 4.79 Å². The Morgan fingerprint density at radius 1 is 1.11 bits per heavy atom. The Morgan fingerprint density at radius 2 is 1.89 bits per heavy atom. The third kappa shape index (κ3) is 4.18. The zero-order valence-electron chi connectivity index (χ0n) is 15.7. The van der Waals surface area contributed by atoms with Gasteiger partial charge in [0, 0.05) is 30.9 Å². The molecule has 0 spiro atoms.